The summed E-state index contributed by atoms with van der Waals surface area (Å²) in [5, 5.41) is 0. The Bertz CT molecular complexity index is 1080. The molecule has 0 aliphatic carbocycles. The van der Waals surface area contributed by atoms with Gasteiger partial charge in [0.05, 0.1) is 11.2 Å². The standard InChI is InChI=1S/C32H42BNO2/c1-7-9-13-25(8-2)24-26-16-20-29(21-17-26)34(28-14-11-10-12-15-28)30-22-18-27(19-23-30)33-35-31(3,4)32(5,6)36-33/h10-12,14-23,25H,7-9,13,24H2,1-6H3. The molecule has 3 aromatic carbocycles. The van der Waals surface area contributed by atoms with Gasteiger partial charge < -0.3 is 14.2 Å². The number of para-hydroxylation sites is 1. The fourth-order valence-electron chi connectivity index (χ4n) is 4.84. The van der Waals surface area contributed by atoms with Gasteiger partial charge in [0, 0.05) is 17.1 Å². The molecule has 1 aliphatic rings. The van der Waals surface area contributed by atoms with E-state index in [1.807, 2.05) is 0 Å². The summed E-state index contributed by atoms with van der Waals surface area (Å²) in [5.41, 5.74) is 5.19. The molecule has 1 unspecified atom stereocenters. The van der Waals surface area contributed by atoms with Crippen molar-refractivity contribution in [2.24, 2.45) is 5.92 Å². The van der Waals surface area contributed by atoms with Gasteiger partial charge in [-0.05, 0) is 87.5 Å². The van der Waals surface area contributed by atoms with Crippen LogP contribution in [-0.4, -0.2) is 18.3 Å². The van der Waals surface area contributed by atoms with Crippen molar-refractivity contribution in [3.8, 4) is 0 Å². The highest BCUT2D eigenvalue weighted by atomic mass is 16.7. The van der Waals surface area contributed by atoms with Crippen molar-refractivity contribution in [3.05, 3.63) is 84.4 Å². The van der Waals surface area contributed by atoms with Gasteiger partial charge in [-0.1, -0.05) is 82.0 Å². The molecule has 4 heteroatoms. The van der Waals surface area contributed by atoms with Crippen molar-refractivity contribution in [3.63, 3.8) is 0 Å². The first-order valence-electron chi connectivity index (χ1n) is 13.6. The fraction of sp³-hybridized carbons (Fsp3) is 0.438. The highest BCUT2D eigenvalue weighted by Crippen LogP contribution is 2.37. The van der Waals surface area contributed by atoms with Crippen LogP contribution < -0.4 is 10.4 Å². The Morgan fingerprint density at radius 3 is 1.78 bits per heavy atom. The highest BCUT2D eigenvalue weighted by Gasteiger charge is 2.51. The number of hydrogen-bond acceptors (Lipinski definition) is 3. The Labute approximate surface area is 219 Å². The summed E-state index contributed by atoms with van der Waals surface area (Å²) >= 11 is 0. The molecule has 4 rings (SSSR count). The number of benzene rings is 3. The molecule has 0 spiro atoms. The molecular weight excluding hydrogens is 441 g/mol. The van der Waals surface area contributed by atoms with E-state index in [1.54, 1.807) is 0 Å². The maximum atomic E-state index is 6.26. The highest BCUT2D eigenvalue weighted by molar-refractivity contribution is 6.62. The van der Waals surface area contributed by atoms with Crippen LogP contribution in [-0.2, 0) is 15.7 Å². The van der Waals surface area contributed by atoms with E-state index in [2.05, 4.69) is 125 Å². The minimum Gasteiger partial charge on any atom is -0.399 e. The zero-order valence-corrected chi connectivity index (χ0v) is 23.0. The minimum atomic E-state index is -0.354. The van der Waals surface area contributed by atoms with Crippen molar-refractivity contribution in [1.29, 1.82) is 0 Å². The van der Waals surface area contributed by atoms with Crippen LogP contribution in [0.5, 0.6) is 0 Å². The van der Waals surface area contributed by atoms with Crippen molar-refractivity contribution in [2.45, 2.75) is 84.8 Å². The van der Waals surface area contributed by atoms with Gasteiger partial charge in [0.25, 0.3) is 0 Å². The third-order valence-corrected chi connectivity index (χ3v) is 7.95. The summed E-state index contributed by atoms with van der Waals surface area (Å²) in [4.78, 5) is 2.31. The lowest BCUT2D eigenvalue weighted by Gasteiger charge is -2.32. The molecule has 1 aliphatic heterocycles. The van der Waals surface area contributed by atoms with E-state index < -0.39 is 0 Å². The Morgan fingerprint density at radius 2 is 1.25 bits per heavy atom. The third kappa shape index (κ3) is 5.87. The van der Waals surface area contributed by atoms with Crippen LogP contribution in [0.25, 0.3) is 0 Å². The molecule has 0 saturated carbocycles. The Balaban J connectivity index is 1.58. The lowest BCUT2D eigenvalue weighted by atomic mass is 9.79. The van der Waals surface area contributed by atoms with Crippen molar-refractivity contribution < 1.29 is 9.31 Å². The SMILES string of the molecule is CCCCC(CC)Cc1ccc(N(c2ccccc2)c2ccc(B3OC(C)(C)C(C)(C)O3)cc2)cc1. The van der Waals surface area contributed by atoms with E-state index >= 15 is 0 Å². The maximum absolute atomic E-state index is 6.26. The molecule has 190 valence electrons. The van der Waals surface area contributed by atoms with Gasteiger partial charge in [-0.2, -0.15) is 0 Å². The van der Waals surface area contributed by atoms with Gasteiger partial charge in [0.2, 0.25) is 0 Å². The molecule has 1 fully saturated rings. The monoisotopic (exact) mass is 483 g/mol. The van der Waals surface area contributed by atoms with Crippen LogP contribution in [0.2, 0.25) is 0 Å². The summed E-state index contributed by atoms with van der Waals surface area (Å²) in [6.07, 6.45) is 6.31. The summed E-state index contributed by atoms with van der Waals surface area (Å²) in [5.74, 6) is 0.767. The molecule has 1 heterocycles. The van der Waals surface area contributed by atoms with E-state index in [4.69, 9.17) is 9.31 Å². The summed E-state index contributed by atoms with van der Waals surface area (Å²) in [7, 11) is -0.354. The van der Waals surface area contributed by atoms with Gasteiger partial charge in [-0.3, -0.25) is 0 Å². The van der Waals surface area contributed by atoms with Gasteiger partial charge in [0.1, 0.15) is 0 Å². The molecule has 0 radical (unpaired) electrons. The Hall–Kier alpha value is -2.56. The molecule has 3 aromatic rings. The molecule has 0 bridgehead atoms. The summed E-state index contributed by atoms with van der Waals surface area (Å²) in [6, 6.07) is 28.3. The second-order valence-electron chi connectivity index (χ2n) is 11.1. The lowest BCUT2D eigenvalue weighted by Crippen LogP contribution is -2.41. The minimum absolute atomic E-state index is 0.346. The average molecular weight is 484 g/mol. The summed E-state index contributed by atoms with van der Waals surface area (Å²) in [6.45, 7) is 13.0. The molecule has 0 aromatic heterocycles. The summed E-state index contributed by atoms with van der Waals surface area (Å²) < 4.78 is 12.5. The third-order valence-electron chi connectivity index (χ3n) is 7.95. The molecule has 3 nitrogen and oxygen atoms in total. The van der Waals surface area contributed by atoms with Crippen molar-refractivity contribution >= 4 is 29.6 Å². The van der Waals surface area contributed by atoms with Crippen molar-refractivity contribution in [1.82, 2.24) is 0 Å². The number of unbranched alkanes of at least 4 members (excludes halogenated alkanes) is 1. The van der Waals surface area contributed by atoms with E-state index in [-0.39, 0.29) is 18.3 Å². The van der Waals surface area contributed by atoms with Crippen LogP contribution in [0.4, 0.5) is 17.1 Å². The second kappa shape index (κ2) is 11.2. The largest absolute Gasteiger partial charge is 0.494 e. The van der Waals surface area contributed by atoms with Gasteiger partial charge >= 0.3 is 7.12 Å². The Kier molecular flexibility index (Phi) is 8.27. The maximum Gasteiger partial charge on any atom is 0.494 e. The predicted octanol–water partition coefficient (Wildman–Crippen LogP) is 8.21. The van der Waals surface area contributed by atoms with E-state index in [1.165, 1.54) is 31.2 Å². The quantitative estimate of drug-likeness (QED) is 0.271. The zero-order valence-electron chi connectivity index (χ0n) is 23.0. The first-order chi connectivity index (χ1) is 17.2. The van der Waals surface area contributed by atoms with Crippen molar-refractivity contribution in [2.75, 3.05) is 4.90 Å². The lowest BCUT2D eigenvalue weighted by molar-refractivity contribution is 0.00578. The zero-order chi connectivity index (χ0) is 25.8. The first kappa shape index (κ1) is 26.5. The smallest absolute Gasteiger partial charge is 0.399 e. The molecule has 0 N–H and O–H groups in total. The number of nitrogens with zero attached hydrogens (tertiary/aromatic N) is 1. The van der Waals surface area contributed by atoms with E-state index in [0.29, 0.717) is 0 Å². The first-order valence-corrected chi connectivity index (χ1v) is 13.6. The Morgan fingerprint density at radius 1 is 0.722 bits per heavy atom. The second-order valence-corrected chi connectivity index (χ2v) is 11.1. The normalized spacial score (nSPS) is 17.2. The molecule has 0 amide bonds. The number of rotatable bonds is 10. The van der Waals surface area contributed by atoms with Gasteiger partial charge in [0.15, 0.2) is 0 Å². The van der Waals surface area contributed by atoms with Crippen LogP contribution in [0, 0.1) is 5.92 Å². The molecule has 36 heavy (non-hydrogen) atoms. The molecular formula is C32H42BNO2. The number of anilines is 3. The van der Waals surface area contributed by atoms with Crippen LogP contribution in [0.3, 0.4) is 0 Å². The van der Waals surface area contributed by atoms with Crippen LogP contribution in [0.15, 0.2) is 78.9 Å². The topological polar surface area (TPSA) is 21.7 Å². The van der Waals surface area contributed by atoms with Crippen LogP contribution in [0.1, 0.15) is 72.8 Å². The van der Waals surface area contributed by atoms with E-state index in [9.17, 15) is 0 Å². The van der Waals surface area contributed by atoms with Crippen LogP contribution >= 0.6 is 0 Å². The van der Waals surface area contributed by atoms with E-state index in [0.717, 1.165) is 34.9 Å². The fourth-order valence-corrected chi connectivity index (χ4v) is 4.84. The number of hydrogen-bond donors (Lipinski definition) is 0. The van der Waals surface area contributed by atoms with Gasteiger partial charge in [-0.25, -0.2) is 0 Å². The predicted molar refractivity (Wildman–Crippen MR) is 154 cm³/mol. The molecule has 1 atom stereocenters. The molecule has 1 saturated heterocycles. The van der Waals surface area contributed by atoms with Gasteiger partial charge in [-0.15, -0.1) is 0 Å². The average Bonchev–Trinajstić information content (AvgIpc) is 3.10.